The van der Waals surface area contributed by atoms with E-state index in [1.54, 1.807) is 36.5 Å². The summed E-state index contributed by atoms with van der Waals surface area (Å²) in [5.41, 5.74) is 2.00. The smallest absolute Gasteiger partial charge is 0.282 e. The first-order chi connectivity index (χ1) is 16.8. The first-order valence-electron chi connectivity index (χ1n) is 10.9. The maximum absolute atomic E-state index is 13.3. The molecule has 1 atom stereocenters. The minimum atomic E-state index is -0.226. The van der Waals surface area contributed by atoms with Gasteiger partial charge in [-0.3, -0.25) is 4.79 Å². The SMILES string of the molecule is CC[C@@H](C)c1nc2ccc(Br)cc2c(=O)n1N=Cc1ccc(OCc2ccc(Cl)c(Cl)c2)c(Cl)c1. The molecule has 0 aliphatic heterocycles. The van der Waals surface area contributed by atoms with Crippen LogP contribution in [0.15, 0.2) is 69.0 Å². The fourth-order valence-corrected chi connectivity index (χ4v) is 4.33. The molecule has 0 radical (unpaired) electrons. The average molecular weight is 594 g/mol. The lowest BCUT2D eigenvalue weighted by Crippen LogP contribution is -2.23. The second kappa shape index (κ2) is 11.1. The van der Waals surface area contributed by atoms with Crippen molar-refractivity contribution in [3.8, 4) is 5.75 Å². The standard InChI is InChI=1S/C26H21BrCl3N3O2/c1-3-15(2)25-32-23-8-6-18(27)12-19(23)26(34)33(25)31-13-16-5-9-24(22(30)10-16)35-14-17-4-7-20(28)21(29)11-17/h4-13,15H,3,14H2,1-2H3/t15-/m1/s1. The summed E-state index contributed by atoms with van der Waals surface area (Å²) in [6.07, 6.45) is 2.41. The molecule has 4 aromatic rings. The largest absolute Gasteiger partial charge is 0.487 e. The molecule has 1 heterocycles. The lowest BCUT2D eigenvalue weighted by atomic mass is 10.1. The van der Waals surface area contributed by atoms with Crippen molar-refractivity contribution in [2.75, 3.05) is 0 Å². The van der Waals surface area contributed by atoms with Crippen molar-refractivity contribution in [1.29, 1.82) is 0 Å². The molecule has 3 aromatic carbocycles. The fraction of sp³-hybridized carbons (Fsp3) is 0.192. The third kappa shape index (κ3) is 5.89. The van der Waals surface area contributed by atoms with Gasteiger partial charge >= 0.3 is 0 Å². The number of nitrogens with zero attached hydrogens (tertiary/aromatic N) is 3. The monoisotopic (exact) mass is 591 g/mol. The van der Waals surface area contributed by atoms with Crippen LogP contribution >= 0.6 is 50.7 Å². The molecule has 0 aliphatic carbocycles. The molecule has 0 unspecified atom stereocenters. The third-order valence-electron chi connectivity index (χ3n) is 5.54. The van der Waals surface area contributed by atoms with Gasteiger partial charge in [0.1, 0.15) is 18.2 Å². The summed E-state index contributed by atoms with van der Waals surface area (Å²) in [5, 5.41) is 6.35. The van der Waals surface area contributed by atoms with Crippen LogP contribution in [0.25, 0.3) is 10.9 Å². The van der Waals surface area contributed by atoms with Crippen LogP contribution in [0.3, 0.4) is 0 Å². The van der Waals surface area contributed by atoms with Gasteiger partial charge in [-0.15, -0.1) is 0 Å². The Labute approximate surface area is 226 Å². The van der Waals surface area contributed by atoms with Crippen molar-refractivity contribution in [1.82, 2.24) is 9.66 Å². The number of hydrogen-bond acceptors (Lipinski definition) is 4. The van der Waals surface area contributed by atoms with Crippen molar-refractivity contribution >= 4 is 67.9 Å². The molecule has 0 fully saturated rings. The van der Waals surface area contributed by atoms with Crippen LogP contribution in [-0.2, 0) is 6.61 Å². The Bertz CT molecular complexity index is 1490. The highest BCUT2D eigenvalue weighted by atomic mass is 79.9. The highest BCUT2D eigenvalue weighted by Gasteiger charge is 2.15. The molecular weight excluding hydrogens is 573 g/mol. The van der Waals surface area contributed by atoms with Crippen LogP contribution < -0.4 is 10.3 Å². The molecule has 35 heavy (non-hydrogen) atoms. The van der Waals surface area contributed by atoms with E-state index >= 15 is 0 Å². The van der Waals surface area contributed by atoms with E-state index in [9.17, 15) is 4.79 Å². The van der Waals surface area contributed by atoms with Gasteiger partial charge in [-0.2, -0.15) is 9.78 Å². The summed E-state index contributed by atoms with van der Waals surface area (Å²) < 4.78 is 8.00. The fourth-order valence-electron chi connectivity index (χ4n) is 3.41. The molecule has 0 saturated carbocycles. The molecule has 5 nitrogen and oxygen atoms in total. The maximum atomic E-state index is 13.3. The molecule has 0 N–H and O–H groups in total. The number of rotatable bonds is 7. The van der Waals surface area contributed by atoms with Crippen LogP contribution in [0.2, 0.25) is 15.1 Å². The van der Waals surface area contributed by atoms with E-state index in [2.05, 4.69) is 21.0 Å². The van der Waals surface area contributed by atoms with Crippen LogP contribution in [0.4, 0.5) is 0 Å². The maximum Gasteiger partial charge on any atom is 0.282 e. The van der Waals surface area contributed by atoms with Gasteiger partial charge in [-0.1, -0.05) is 70.6 Å². The molecule has 0 bridgehead atoms. The van der Waals surface area contributed by atoms with Crippen molar-refractivity contribution in [2.45, 2.75) is 32.8 Å². The zero-order chi connectivity index (χ0) is 25.1. The van der Waals surface area contributed by atoms with Crippen molar-refractivity contribution in [2.24, 2.45) is 5.10 Å². The summed E-state index contributed by atoms with van der Waals surface area (Å²) in [6.45, 7) is 4.36. The van der Waals surface area contributed by atoms with E-state index in [1.165, 1.54) is 4.68 Å². The molecule has 0 aliphatic rings. The predicted molar refractivity (Wildman–Crippen MR) is 148 cm³/mol. The molecule has 1 aromatic heterocycles. The Morgan fingerprint density at radius 2 is 1.86 bits per heavy atom. The molecule has 0 amide bonds. The lowest BCUT2D eigenvalue weighted by molar-refractivity contribution is 0.306. The first kappa shape index (κ1) is 25.7. The number of hydrogen-bond donors (Lipinski definition) is 0. The van der Waals surface area contributed by atoms with E-state index in [0.717, 1.165) is 16.5 Å². The summed E-state index contributed by atoms with van der Waals surface area (Å²) >= 11 is 21.9. The van der Waals surface area contributed by atoms with Gasteiger partial charge in [0.15, 0.2) is 0 Å². The van der Waals surface area contributed by atoms with E-state index in [1.807, 2.05) is 38.1 Å². The van der Waals surface area contributed by atoms with Crippen LogP contribution in [0.1, 0.15) is 43.1 Å². The third-order valence-corrected chi connectivity index (χ3v) is 7.07. The van der Waals surface area contributed by atoms with Crippen molar-refractivity contribution in [3.63, 3.8) is 0 Å². The Hall–Kier alpha value is -2.38. The molecule has 180 valence electrons. The van der Waals surface area contributed by atoms with Gasteiger partial charge in [0.05, 0.1) is 32.2 Å². The molecule has 0 saturated heterocycles. The number of ether oxygens (including phenoxy) is 1. The van der Waals surface area contributed by atoms with E-state index < -0.39 is 0 Å². The minimum absolute atomic E-state index is 0.0497. The molecule has 4 rings (SSSR count). The number of benzene rings is 3. The second-order valence-corrected chi connectivity index (χ2v) is 10.2. The Kier molecular flexibility index (Phi) is 8.17. The zero-order valence-electron chi connectivity index (χ0n) is 18.9. The van der Waals surface area contributed by atoms with Crippen LogP contribution in [0, 0.1) is 0 Å². The summed E-state index contributed by atoms with van der Waals surface area (Å²) in [4.78, 5) is 18.0. The average Bonchev–Trinajstić information content (AvgIpc) is 2.84. The van der Waals surface area contributed by atoms with Gasteiger partial charge in [0, 0.05) is 10.4 Å². The summed E-state index contributed by atoms with van der Waals surface area (Å²) in [6, 6.07) is 16.1. The number of aromatic nitrogens is 2. The molecule has 9 heteroatoms. The summed E-state index contributed by atoms with van der Waals surface area (Å²) in [7, 11) is 0. The van der Waals surface area contributed by atoms with E-state index in [4.69, 9.17) is 44.5 Å². The van der Waals surface area contributed by atoms with E-state index in [-0.39, 0.29) is 18.1 Å². The Morgan fingerprint density at radius 3 is 2.57 bits per heavy atom. The quantitative estimate of drug-likeness (QED) is 0.204. The highest BCUT2D eigenvalue weighted by Crippen LogP contribution is 2.28. The van der Waals surface area contributed by atoms with Crippen LogP contribution in [-0.4, -0.2) is 15.9 Å². The highest BCUT2D eigenvalue weighted by molar-refractivity contribution is 9.10. The van der Waals surface area contributed by atoms with Gasteiger partial charge in [0.2, 0.25) is 0 Å². The van der Waals surface area contributed by atoms with Crippen LogP contribution in [0.5, 0.6) is 5.75 Å². The van der Waals surface area contributed by atoms with Gasteiger partial charge in [-0.25, -0.2) is 4.98 Å². The van der Waals surface area contributed by atoms with Gasteiger partial charge < -0.3 is 4.74 Å². The Morgan fingerprint density at radius 1 is 1.06 bits per heavy atom. The van der Waals surface area contributed by atoms with Gasteiger partial charge in [0.25, 0.3) is 5.56 Å². The number of fused-ring (bicyclic) bond motifs is 1. The number of halogens is 4. The zero-order valence-corrected chi connectivity index (χ0v) is 22.8. The Balaban J connectivity index is 1.61. The second-order valence-electron chi connectivity index (χ2n) is 8.03. The predicted octanol–water partition coefficient (Wildman–Crippen LogP) is 8.09. The first-order valence-corrected chi connectivity index (χ1v) is 12.8. The lowest BCUT2D eigenvalue weighted by Gasteiger charge is -2.14. The van der Waals surface area contributed by atoms with E-state index in [0.29, 0.717) is 43.1 Å². The molecular formula is C26H21BrCl3N3O2. The van der Waals surface area contributed by atoms with Crippen molar-refractivity contribution in [3.05, 3.63) is 101 Å². The summed E-state index contributed by atoms with van der Waals surface area (Å²) in [5.74, 6) is 1.18. The molecule has 0 spiro atoms. The minimum Gasteiger partial charge on any atom is -0.487 e. The van der Waals surface area contributed by atoms with Gasteiger partial charge in [-0.05, 0) is 66.1 Å². The van der Waals surface area contributed by atoms with Crippen molar-refractivity contribution < 1.29 is 4.74 Å². The normalized spacial score (nSPS) is 12.4. The topological polar surface area (TPSA) is 56.5 Å².